The fourth-order valence-electron chi connectivity index (χ4n) is 4.38. The van der Waals surface area contributed by atoms with Crippen molar-refractivity contribution in [1.29, 1.82) is 0 Å². The van der Waals surface area contributed by atoms with Gasteiger partial charge in [0, 0.05) is 25.6 Å². The van der Waals surface area contributed by atoms with Gasteiger partial charge in [-0.15, -0.1) is 0 Å². The summed E-state index contributed by atoms with van der Waals surface area (Å²) in [5, 5.41) is 2.84. The topological polar surface area (TPSA) is 73.2 Å². The minimum Gasteiger partial charge on any atom is -0.456 e. The second-order valence-electron chi connectivity index (χ2n) is 10.3. The molecule has 6 heteroatoms. The second kappa shape index (κ2) is 11.0. The summed E-state index contributed by atoms with van der Waals surface area (Å²) in [5.41, 5.74) is 5.63. The number of amides is 1. The number of esters is 1. The number of carbonyl (C=O) groups is 2. The molecule has 192 valence electrons. The van der Waals surface area contributed by atoms with Crippen molar-refractivity contribution in [3.05, 3.63) is 83.7 Å². The van der Waals surface area contributed by atoms with Gasteiger partial charge in [0.1, 0.15) is 11.4 Å². The van der Waals surface area contributed by atoms with Crippen molar-refractivity contribution >= 4 is 28.6 Å². The number of hydrogen-bond donors (Lipinski definition) is 1. The smallest absolute Gasteiger partial charge is 0.339 e. The van der Waals surface area contributed by atoms with Crippen LogP contribution in [0.4, 0.5) is 5.69 Å². The second-order valence-corrected chi connectivity index (χ2v) is 10.3. The molecule has 0 spiro atoms. The number of ether oxygens (including phenoxy) is 1. The molecule has 6 nitrogen and oxygen atoms in total. The molecule has 1 aromatic heterocycles. The third-order valence-electron chi connectivity index (χ3n) is 6.05. The van der Waals surface area contributed by atoms with Crippen LogP contribution in [-0.4, -0.2) is 27.0 Å². The summed E-state index contributed by atoms with van der Waals surface area (Å²) < 4.78 is 7.88. The van der Waals surface area contributed by atoms with E-state index in [1.165, 1.54) is 6.92 Å². The zero-order valence-electron chi connectivity index (χ0n) is 22.3. The van der Waals surface area contributed by atoms with Crippen LogP contribution in [0.15, 0.2) is 66.7 Å². The van der Waals surface area contributed by atoms with E-state index in [4.69, 9.17) is 9.72 Å². The van der Waals surface area contributed by atoms with Crippen LogP contribution < -0.4 is 5.32 Å². The largest absolute Gasteiger partial charge is 0.456 e. The van der Waals surface area contributed by atoms with E-state index in [0.717, 1.165) is 58.5 Å². The molecule has 37 heavy (non-hydrogen) atoms. The molecule has 1 heterocycles. The Hall–Kier alpha value is -3.93. The average Bonchev–Trinajstić information content (AvgIpc) is 3.18. The van der Waals surface area contributed by atoms with Gasteiger partial charge >= 0.3 is 5.97 Å². The van der Waals surface area contributed by atoms with E-state index in [1.807, 2.05) is 63.2 Å². The molecule has 1 N–H and O–H groups in total. The van der Waals surface area contributed by atoms with E-state index >= 15 is 0 Å². The highest BCUT2D eigenvalue weighted by molar-refractivity contribution is 5.97. The number of fused-ring (bicyclic) bond motifs is 1. The van der Waals surface area contributed by atoms with Gasteiger partial charge < -0.3 is 14.6 Å². The van der Waals surface area contributed by atoms with Crippen LogP contribution in [0.25, 0.3) is 22.2 Å². The Morgan fingerprint density at radius 2 is 1.73 bits per heavy atom. The SMILES string of the molecule is CCCCc1nc2cc(NC(C)=O)ccc2n1Cc1ccc(-c2ccccc2C(=O)OC(C)(C)C)cc1. The summed E-state index contributed by atoms with van der Waals surface area (Å²) in [6, 6.07) is 21.7. The zero-order chi connectivity index (χ0) is 26.6. The monoisotopic (exact) mass is 497 g/mol. The fraction of sp³-hybridized carbons (Fsp3) is 0.323. The van der Waals surface area contributed by atoms with Crippen LogP contribution >= 0.6 is 0 Å². The van der Waals surface area contributed by atoms with Gasteiger partial charge in [0.15, 0.2) is 0 Å². The predicted molar refractivity (Wildman–Crippen MR) is 149 cm³/mol. The Labute approximate surface area is 218 Å². The van der Waals surface area contributed by atoms with Gasteiger partial charge in [0.2, 0.25) is 5.91 Å². The Morgan fingerprint density at radius 1 is 1.00 bits per heavy atom. The minimum atomic E-state index is -0.556. The number of hydrogen-bond acceptors (Lipinski definition) is 4. The van der Waals surface area contributed by atoms with E-state index < -0.39 is 5.60 Å². The van der Waals surface area contributed by atoms with Crippen molar-refractivity contribution < 1.29 is 14.3 Å². The lowest BCUT2D eigenvalue weighted by Gasteiger charge is -2.20. The van der Waals surface area contributed by atoms with Crippen molar-refractivity contribution in [2.45, 2.75) is 66.0 Å². The Bertz CT molecular complexity index is 1410. The van der Waals surface area contributed by atoms with Gasteiger partial charge in [0.25, 0.3) is 0 Å². The fourth-order valence-corrected chi connectivity index (χ4v) is 4.38. The van der Waals surface area contributed by atoms with Crippen LogP contribution in [0, 0.1) is 0 Å². The third kappa shape index (κ3) is 6.45. The molecule has 0 saturated heterocycles. The van der Waals surface area contributed by atoms with E-state index in [9.17, 15) is 9.59 Å². The number of carbonyl (C=O) groups excluding carboxylic acids is 2. The number of imidazole rings is 1. The van der Waals surface area contributed by atoms with Crippen molar-refractivity contribution in [3.8, 4) is 11.1 Å². The van der Waals surface area contributed by atoms with Crippen LogP contribution in [-0.2, 0) is 22.5 Å². The van der Waals surface area contributed by atoms with Crippen molar-refractivity contribution in [1.82, 2.24) is 9.55 Å². The lowest BCUT2D eigenvalue weighted by atomic mass is 9.98. The highest BCUT2D eigenvalue weighted by atomic mass is 16.6. The van der Waals surface area contributed by atoms with E-state index in [2.05, 4.69) is 41.1 Å². The maximum Gasteiger partial charge on any atom is 0.339 e. The summed E-state index contributed by atoms with van der Waals surface area (Å²) in [5.74, 6) is 0.616. The number of aromatic nitrogens is 2. The summed E-state index contributed by atoms with van der Waals surface area (Å²) >= 11 is 0. The van der Waals surface area contributed by atoms with Crippen LogP contribution in [0.1, 0.15) is 69.2 Å². The normalized spacial score (nSPS) is 11.5. The van der Waals surface area contributed by atoms with E-state index in [-0.39, 0.29) is 11.9 Å². The lowest BCUT2D eigenvalue weighted by molar-refractivity contribution is -0.114. The first-order valence-corrected chi connectivity index (χ1v) is 12.8. The predicted octanol–water partition coefficient (Wildman–Crippen LogP) is 7.01. The molecule has 4 rings (SSSR count). The Morgan fingerprint density at radius 3 is 2.41 bits per heavy atom. The Balaban J connectivity index is 1.63. The first-order chi connectivity index (χ1) is 17.6. The highest BCUT2D eigenvalue weighted by Crippen LogP contribution is 2.27. The molecule has 0 atom stereocenters. The van der Waals surface area contributed by atoms with Crippen molar-refractivity contribution in [2.75, 3.05) is 5.32 Å². The molecule has 0 saturated carbocycles. The number of nitrogens with one attached hydrogen (secondary N) is 1. The number of unbranched alkanes of at least 4 members (excludes halogenated alkanes) is 1. The lowest BCUT2D eigenvalue weighted by Crippen LogP contribution is -2.24. The quantitative estimate of drug-likeness (QED) is 0.266. The summed E-state index contributed by atoms with van der Waals surface area (Å²) in [6.45, 7) is 9.98. The number of benzene rings is 3. The molecule has 0 radical (unpaired) electrons. The first-order valence-electron chi connectivity index (χ1n) is 12.8. The standard InChI is InChI=1S/C31H35N3O3/c1-6-7-12-29-33-27-19-24(32-21(2)35)17-18-28(27)34(29)20-22-13-15-23(16-14-22)25-10-8-9-11-26(25)30(36)37-31(3,4)5/h8-11,13-19H,6-7,12,20H2,1-5H3,(H,32,35). The van der Waals surface area contributed by atoms with Crippen LogP contribution in [0.3, 0.4) is 0 Å². The van der Waals surface area contributed by atoms with Crippen molar-refractivity contribution in [2.24, 2.45) is 0 Å². The van der Waals surface area contributed by atoms with Gasteiger partial charge in [-0.3, -0.25) is 4.79 Å². The van der Waals surface area contributed by atoms with Gasteiger partial charge in [-0.25, -0.2) is 9.78 Å². The average molecular weight is 498 g/mol. The van der Waals surface area contributed by atoms with Gasteiger partial charge in [-0.2, -0.15) is 0 Å². The number of nitrogens with zero attached hydrogens (tertiary/aromatic N) is 2. The van der Waals surface area contributed by atoms with E-state index in [1.54, 1.807) is 0 Å². The maximum atomic E-state index is 12.8. The number of anilines is 1. The van der Waals surface area contributed by atoms with Gasteiger partial charge in [-0.05, 0) is 68.1 Å². The van der Waals surface area contributed by atoms with Gasteiger partial charge in [0.05, 0.1) is 16.6 Å². The minimum absolute atomic E-state index is 0.0988. The number of rotatable bonds is 8. The molecular weight excluding hydrogens is 462 g/mol. The van der Waals surface area contributed by atoms with Crippen LogP contribution in [0.5, 0.6) is 0 Å². The molecule has 0 bridgehead atoms. The van der Waals surface area contributed by atoms with E-state index in [0.29, 0.717) is 12.1 Å². The molecule has 4 aromatic rings. The highest BCUT2D eigenvalue weighted by Gasteiger charge is 2.20. The summed E-state index contributed by atoms with van der Waals surface area (Å²) in [6.07, 6.45) is 3.04. The first kappa shape index (κ1) is 26.1. The summed E-state index contributed by atoms with van der Waals surface area (Å²) in [7, 11) is 0. The molecule has 0 aliphatic rings. The molecular formula is C31H35N3O3. The van der Waals surface area contributed by atoms with Crippen molar-refractivity contribution in [3.63, 3.8) is 0 Å². The van der Waals surface area contributed by atoms with Gasteiger partial charge in [-0.1, -0.05) is 55.8 Å². The number of aryl methyl sites for hydroxylation is 1. The van der Waals surface area contributed by atoms with Crippen LogP contribution in [0.2, 0.25) is 0 Å². The third-order valence-corrected chi connectivity index (χ3v) is 6.05. The molecule has 1 amide bonds. The zero-order valence-corrected chi connectivity index (χ0v) is 22.3. The molecule has 0 unspecified atom stereocenters. The molecule has 0 fully saturated rings. The maximum absolute atomic E-state index is 12.8. The summed E-state index contributed by atoms with van der Waals surface area (Å²) in [4.78, 5) is 29.2. The molecule has 0 aliphatic carbocycles. The molecule has 0 aliphatic heterocycles. The molecule has 3 aromatic carbocycles. The Kier molecular flexibility index (Phi) is 7.77.